The second kappa shape index (κ2) is 6.59. The van der Waals surface area contributed by atoms with Crippen molar-refractivity contribution in [3.8, 4) is 5.75 Å². The van der Waals surface area contributed by atoms with E-state index in [9.17, 15) is 0 Å². The summed E-state index contributed by atoms with van der Waals surface area (Å²) in [5.74, 6) is 2.18. The van der Waals surface area contributed by atoms with E-state index in [1.807, 2.05) is 6.07 Å². The molecule has 1 fully saturated rings. The Labute approximate surface area is 122 Å². The van der Waals surface area contributed by atoms with E-state index in [0.29, 0.717) is 11.8 Å². The normalized spacial score (nSPS) is 23.3. The molecule has 0 saturated carbocycles. The number of rotatable bonds is 5. The second-order valence-corrected chi connectivity index (χ2v) is 6.35. The van der Waals surface area contributed by atoms with Crippen LogP contribution in [0, 0.1) is 5.92 Å². The largest absolute Gasteiger partial charge is 0.496 e. The molecular weight excluding hydrogens is 250 g/mol. The molecule has 0 spiro atoms. The number of quaternary nitrogens is 1. The van der Waals surface area contributed by atoms with E-state index in [-0.39, 0.29) is 5.60 Å². The summed E-state index contributed by atoms with van der Waals surface area (Å²) < 4.78 is 11.4. The van der Waals surface area contributed by atoms with Gasteiger partial charge in [-0.2, -0.15) is 0 Å². The summed E-state index contributed by atoms with van der Waals surface area (Å²) in [5.41, 5.74) is 5.39. The van der Waals surface area contributed by atoms with Crippen LogP contribution in [0.5, 0.6) is 5.75 Å². The molecule has 2 rings (SSSR count). The third-order valence-corrected chi connectivity index (χ3v) is 4.36. The fourth-order valence-electron chi connectivity index (χ4n) is 3.46. The van der Waals surface area contributed by atoms with Gasteiger partial charge < -0.3 is 15.2 Å². The van der Waals surface area contributed by atoms with E-state index in [1.165, 1.54) is 5.56 Å². The van der Waals surface area contributed by atoms with Gasteiger partial charge in [-0.3, -0.25) is 0 Å². The first-order chi connectivity index (χ1) is 9.57. The Morgan fingerprint density at radius 1 is 1.40 bits per heavy atom. The van der Waals surface area contributed by atoms with E-state index in [2.05, 4.69) is 37.8 Å². The highest BCUT2D eigenvalue weighted by Crippen LogP contribution is 2.42. The third-order valence-electron chi connectivity index (χ3n) is 4.36. The molecule has 0 radical (unpaired) electrons. The minimum Gasteiger partial charge on any atom is -0.496 e. The zero-order chi connectivity index (χ0) is 14.6. The molecule has 112 valence electrons. The van der Waals surface area contributed by atoms with Gasteiger partial charge >= 0.3 is 0 Å². The molecule has 2 atom stereocenters. The first-order valence-electron chi connectivity index (χ1n) is 7.63. The van der Waals surface area contributed by atoms with Crippen molar-refractivity contribution in [2.75, 3.05) is 20.3 Å². The second-order valence-electron chi connectivity index (χ2n) is 6.35. The van der Waals surface area contributed by atoms with Crippen LogP contribution in [0.1, 0.15) is 44.6 Å². The van der Waals surface area contributed by atoms with Gasteiger partial charge in [0, 0.05) is 13.0 Å². The molecule has 1 saturated heterocycles. The number of ether oxygens (including phenoxy) is 2. The zero-order valence-electron chi connectivity index (χ0n) is 13.0. The molecule has 3 N–H and O–H groups in total. The van der Waals surface area contributed by atoms with Crippen molar-refractivity contribution >= 4 is 0 Å². The first-order valence-corrected chi connectivity index (χ1v) is 7.63. The Kier molecular flexibility index (Phi) is 5.06. The predicted octanol–water partition coefficient (Wildman–Crippen LogP) is 2.62. The fourth-order valence-corrected chi connectivity index (χ4v) is 3.46. The summed E-state index contributed by atoms with van der Waals surface area (Å²) in [6.07, 6.45) is 3.35. The summed E-state index contributed by atoms with van der Waals surface area (Å²) in [7, 11) is 1.76. The van der Waals surface area contributed by atoms with Crippen LogP contribution >= 0.6 is 0 Å². The van der Waals surface area contributed by atoms with Gasteiger partial charge in [0.1, 0.15) is 5.75 Å². The molecule has 1 aromatic carbocycles. The molecule has 1 heterocycles. The van der Waals surface area contributed by atoms with Crippen LogP contribution < -0.4 is 10.5 Å². The topological polar surface area (TPSA) is 46.1 Å². The maximum absolute atomic E-state index is 5.87. The van der Waals surface area contributed by atoms with Gasteiger partial charge in [-0.1, -0.05) is 18.2 Å². The molecule has 0 aliphatic carbocycles. The molecule has 20 heavy (non-hydrogen) atoms. The van der Waals surface area contributed by atoms with E-state index < -0.39 is 0 Å². The molecule has 0 unspecified atom stereocenters. The number of hydrogen-bond acceptors (Lipinski definition) is 2. The van der Waals surface area contributed by atoms with Crippen LogP contribution in [-0.2, 0) is 4.74 Å². The maximum Gasteiger partial charge on any atom is 0.122 e. The van der Waals surface area contributed by atoms with Crippen LogP contribution in [0.4, 0.5) is 0 Å². The fraction of sp³-hybridized carbons (Fsp3) is 0.647. The summed E-state index contributed by atoms with van der Waals surface area (Å²) in [4.78, 5) is 0. The average Bonchev–Trinajstić information content (AvgIpc) is 2.43. The quantitative estimate of drug-likeness (QED) is 0.900. The minimum absolute atomic E-state index is 0.00957. The maximum atomic E-state index is 5.87. The molecule has 0 amide bonds. The lowest BCUT2D eigenvalue weighted by Crippen LogP contribution is -2.51. The first kappa shape index (κ1) is 15.3. The third kappa shape index (κ3) is 3.53. The van der Waals surface area contributed by atoms with Crippen molar-refractivity contribution in [2.24, 2.45) is 5.92 Å². The molecule has 3 nitrogen and oxygen atoms in total. The number of benzene rings is 1. The molecule has 0 bridgehead atoms. The molecular formula is C17H28NO2+. The van der Waals surface area contributed by atoms with Crippen molar-refractivity contribution in [3.05, 3.63) is 29.8 Å². The lowest BCUT2D eigenvalue weighted by molar-refractivity contribution is -0.369. The molecule has 3 heteroatoms. The molecule has 1 aliphatic rings. The predicted molar refractivity (Wildman–Crippen MR) is 80.9 cm³/mol. The highest BCUT2D eigenvalue weighted by molar-refractivity contribution is 5.36. The smallest absolute Gasteiger partial charge is 0.122 e. The Bertz CT molecular complexity index is 431. The standard InChI is InChI=1S/C17H27NO2/c1-17(2)12-13(9-11-20-17)14(8-10-18)15-6-4-5-7-16(15)19-3/h4-7,13-14H,8-12,18H2,1-3H3/p+1/t13-,14-/m0/s1. The Morgan fingerprint density at radius 3 is 2.80 bits per heavy atom. The van der Waals surface area contributed by atoms with Gasteiger partial charge in [-0.15, -0.1) is 0 Å². The van der Waals surface area contributed by atoms with E-state index in [1.54, 1.807) is 7.11 Å². The van der Waals surface area contributed by atoms with Crippen molar-refractivity contribution in [3.63, 3.8) is 0 Å². The van der Waals surface area contributed by atoms with Crippen LogP contribution in [0.2, 0.25) is 0 Å². The highest BCUT2D eigenvalue weighted by Gasteiger charge is 2.35. The lowest BCUT2D eigenvalue weighted by Gasteiger charge is -2.39. The van der Waals surface area contributed by atoms with Gasteiger partial charge in [-0.25, -0.2) is 0 Å². The van der Waals surface area contributed by atoms with Crippen molar-refractivity contribution in [2.45, 2.75) is 44.6 Å². The lowest BCUT2D eigenvalue weighted by atomic mass is 9.75. The van der Waals surface area contributed by atoms with Crippen LogP contribution in [0.15, 0.2) is 24.3 Å². The molecule has 0 aromatic heterocycles. The summed E-state index contributed by atoms with van der Waals surface area (Å²) in [6.45, 7) is 6.21. The SMILES string of the molecule is COc1ccccc1[C@@H](CC[NH3+])[C@H]1CCOC(C)(C)C1. The highest BCUT2D eigenvalue weighted by atomic mass is 16.5. The van der Waals surface area contributed by atoms with Gasteiger partial charge in [0.05, 0.1) is 19.3 Å². The van der Waals surface area contributed by atoms with E-state index >= 15 is 0 Å². The molecule has 1 aromatic rings. The summed E-state index contributed by atoms with van der Waals surface area (Å²) >= 11 is 0. The van der Waals surface area contributed by atoms with Gasteiger partial charge in [0.25, 0.3) is 0 Å². The van der Waals surface area contributed by atoms with Crippen LogP contribution in [-0.4, -0.2) is 25.9 Å². The average molecular weight is 278 g/mol. The number of methoxy groups -OCH3 is 1. The van der Waals surface area contributed by atoms with Crippen LogP contribution in [0.3, 0.4) is 0 Å². The zero-order valence-corrected chi connectivity index (χ0v) is 13.0. The van der Waals surface area contributed by atoms with E-state index in [4.69, 9.17) is 9.47 Å². The summed E-state index contributed by atoms with van der Waals surface area (Å²) in [6, 6.07) is 8.42. The van der Waals surface area contributed by atoms with Gasteiger partial charge in [0.15, 0.2) is 0 Å². The minimum atomic E-state index is -0.00957. The van der Waals surface area contributed by atoms with Crippen molar-refractivity contribution < 1.29 is 15.2 Å². The van der Waals surface area contributed by atoms with Crippen LogP contribution in [0.25, 0.3) is 0 Å². The molecule has 1 aliphatic heterocycles. The van der Waals surface area contributed by atoms with Gasteiger partial charge in [-0.05, 0) is 50.2 Å². The van der Waals surface area contributed by atoms with Crippen molar-refractivity contribution in [1.29, 1.82) is 0 Å². The number of para-hydroxylation sites is 1. The van der Waals surface area contributed by atoms with E-state index in [0.717, 1.165) is 38.2 Å². The Morgan fingerprint density at radius 2 is 2.15 bits per heavy atom. The Balaban J connectivity index is 2.26. The Hall–Kier alpha value is -1.06. The number of hydrogen-bond donors (Lipinski definition) is 1. The van der Waals surface area contributed by atoms with Crippen molar-refractivity contribution in [1.82, 2.24) is 0 Å². The van der Waals surface area contributed by atoms with Gasteiger partial charge in [0.2, 0.25) is 0 Å². The monoisotopic (exact) mass is 278 g/mol. The summed E-state index contributed by atoms with van der Waals surface area (Å²) in [5, 5.41) is 0.